The molecular weight excluding hydrogens is 644 g/mol. The zero-order valence-corrected chi connectivity index (χ0v) is 27.2. The van der Waals surface area contributed by atoms with Gasteiger partial charge in [-0.2, -0.15) is 0 Å². The van der Waals surface area contributed by atoms with Crippen LogP contribution in [-0.4, -0.2) is 102 Å². The first-order chi connectivity index (χ1) is 13.9. The van der Waals surface area contributed by atoms with E-state index in [1.54, 1.807) is 0 Å². The van der Waals surface area contributed by atoms with Crippen LogP contribution in [-0.2, 0) is 60.0 Å². The molecule has 0 aromatic carbocycles. The van der Waals surface area contributed by atoms with Gasteiger partial charge in [-0.25, -0.2) is 33.7 Å². The van der Waals surface area contributed by atoms with Gasteiger partial charge < -0.3 is 39.5 Å². The summed E-state index contributed by atoms with van der Waals surface area (Å²) in [6, 6.07) is 0. The van der Waals surface area contributed by atoms with E-state index in [9.17, 15) is 51.9 Å². The molecule has 0 saturated heterocycles. The van der Waals surface area contributed by atoms with Crippen LogP contribution in [0.25, 0.3) is 0 Å². The van der Waals surface area contributed by atoms with Crippen molar-refractivity contribution in [3.8, 4) is 0 Å². The summed E-state index contributed by atoms with van der Waals surface area (Å²) in [6.07, 6.45) is 0. The number of hydrogen-bond acceptors (Lipinski definition) is 16. The van der Waals surface area contributed by atoms with E-state index in [0.29, 0.717) is 0 Å². The maximum absolute atomic E-state index is 9.94. The topological polar surface area (TPSA) is 277 Å². The third kappa shape index (κ3) is 31.1. The molecule has 0 aliphatic heterocycles. The van der Waals surface area contributed by atoms with Crippen molar-refractivity contribution < 1.29 is 101 Å². The Hall–Kier alpha value is 1.10. The van der Waals surface area contributed by atoms with E-state index in [1.165, 1.54) is 55.9 Å². The van der Waals surface area contributed by atoms with Gasteiger partial charge in [0.05, 0.1) is 21.5 Å². The van der Waals surface area contributed by atoms with Crippen LogP contribution in [0.4, 0.5) is 0 Å². The molecule has 0 amide bonds. The summed E-state index contributed by atoms with van der Waals surface area (Å²) in [6.45, 7) is 5.18. The van der Waals surface area contributed by atoms with Crippen LogP contribution in [0.2, 0.25) is 0 Å². The molecule has 0 saturated carbocycles. The minimum absolute atomic E-state index is 0. The smallest absolute Gasteiger partial charge is 0.747 e. The molecule has 0 aliphatic rings. The average Bonchev–Trinajstić information content (AvgIpc) is 2.63. The van der Waals surface area contributed by atoms with Crippen molar-refractivity contribution in [2.75, 3.05) is 28.2 Å². The normalized spacial score (nSPS) is 14.9. The molecular formula is C12H32N4NaO12RuS4. The zero-order valence-electron chi connectivity index (χ0n) is 20.2. The number of nitrogens with one attached hydrogen (secondary N) is 4. The Labute approximate surface area is 238 Å². The summed E-state index contributed by atoms with van der Waals surface area (Å²) in [5.74, 6) is 0. The Balaban J connectivity index is -0.0000000754. The minimum atomic E-state index is -4.11. The summed E-state index contributed by atoms with van der Waals surface area (Å²) in [7, 11) is -10.8. The average molecular weight is 677 g/mol. The standard InChI is InChI=1S/4C3H9NO3S.Na.Ru/c4*1-3(4-2)8(5,6)7;;/h4*3-4H,1-2H3,(H,5,6,7);;/q;;;;+1;+3/p-4. The van der Waals surface area contributed by atoms with Gasteiger partial charge >= 0.3 is 49.0 Å². The molecule has 0 spiro atoms. The second-order valence-corrected chi connectivity index (χ2v) is 12.5. The van der Waals surface area contributed by atoms with Gasteiger partial charge in [-0.1, -0.05) is 0 Å². The van der Waals surface area contributed by atoms with Crippen LogP contribution in [0.15, 0.2) is 0 Å². The molecule has 0 aromatic heterocycles. The number of hydrogen-bond donors (Lipinski definition) is 4. The third-order valence-electron chi connectivity index (χ3n) is 3.36. The van der Waals surface area contributed by atoms with E-state index >= 15 is 0 Å². The van der Waals surface area contributed by atoms with Gasteiger partial charge in [0.1, 0.15) is 40.5 Å². The van der Waals surface area contributed by atoms with E-state index in [0.717, 1.165) is 0 Å². The Kier molecular flexibility index (Phi) is 31.4. The predicted molar refractivity (Wildman–Crippen MR) is 113 cm³/mol. The van der Waals surface area contributed by atoms with Gasteiger partial charge in [0.15, 0.2) is 0 Å². The Morgan fingerprint density at radius 1 is 0.441 bits per heavy atom. The molecule has 16 nitrogen and oxygen atoms in total. The Morgan fingerprint density at radius 3 is 0.529 bits per heavy atom. The summed E-state index contributed by atoms with van der Waals surface area (Å²) >= 11 is 0. The van der Waals surface area contributed by atoms with Gasteiger partial charge in [0.2, 0.25) is 0 Å². The van der Waals surface area contributed by atoms with Crippen LogP contribution in [0.1, 0.15) is 27.7 Å². The van der Waals surface area contributed by atoms with Crippen LogP contribution in [0.5, 0.6) is 0 Å². The Morgan fingerprint density at radius 2 is 0.529 bits per heavy atom. The maximum Gasteiger partial charge on any atom is 3.00 e. The quantitative estimate of drug-likeness (QED) is 0.137. The summed E-state index contributed by atoms with van der Waals surface area (Å²) in [5.41, 5.74) is 0. The van der Waals surface area contributed by atoms with Gasteiger partial charge in [0, 0.05) is 0 Å². The van der Waals surface area contributed by atoms with Crippen molar-refractivity contribution in [2.45, 2.75) is 49.2 Å². The third-order valence-corrected chi connectivity index (χ3v) is 7.77. The van der Waals surface area contributed by atoms with Crippen molar-refractivity contribution in [3.63, 3.8) is 0 Å². The molecule has 0 aromatic rings. The van der Waals surface area contributed by atoms with Crippen molar-refractivity contribution >= 4 is 40.5 Å². The SMILES string of the molecule is CNC(C)S(=O)(=O)[O-].CNC(C)S(=O)(=O)[O-].CNC(C)S(=O)(=O)[O-].CNC(C)S(=O)(=O)[O-].[Na+].[Ru+3]. The molecule has 0 fully saturated rings. The van der Waals surface area contributed by atoms with Crippen molar-refractivity contribution in [3.05, 3.63) is 0 Å². The van der Waals surface area contributed by atoms with Crippen LogP contribution >= 0.6 is 0 Å². The fourth-order valence-corrected chi connectivity index (χ4v) is 1.73. The molecule has 1 radical (unpaired) electrons. The summed E-state index contributed by atoms with van der Waals surface area (Å²) in [4.78, 5) is 0. The van der Waals surface area contributed by atoms with E-state index in [-0.39, 0.29) is 49.0 Å². The second kappa shape index (κ2) is 22.1. The molecule has 4 N–H and O–H groups in total. The first kappa shape index (κ1) is 48.2. The Bertz CT molecular complexity index is 765. The van der Waals surface area contributed by atoms with Gasteiger partial charge in [-0.15, -0.1) is 0 Å². The van der Waals surface area contributed by atoms with E-state index in [4.69, 9.17) is 0 Å². The first-order valence-electron chi connectivity index (χ1n) is 8.41. The van der Waals surface area contributed by atoms with E-state index in [2.05, 4.69) is 21.3 Å². The fourth-order valence-electron chi connectivity index (χ4n) is 0.577. The second-order valence-electron chi connectivity index (χ2n) is 5.69. The molecule has 0 aliphatic carbocycles. The van der Waals surface area contributed by atoms with Crippen LogP contribution in [0.3, 0.4) is 0 Å². The summed E-state index contributed by atoms with van der Waals surface area (Å²) < 4.78 is 119. The molecule has 22 heteroatoms. The largest absolute Gasteiger partial charge is 3.00 e. The number of rotatable bonds is 8. The first-order valence-corrected chi connectivity index (χ1v) is 14.3. The molecule has 0 rings (SSSR count). The van der Waals surface area contributed by atoms with Crippen LogP contribution < -0.4 is 50.8 Å². The molecule has 0 heterocycles. The van der Waals surface area contributed by atoms with Crippen LogP contribution in [0, 0.1) is 0 Å². The van der Waals surface area contributed by atoms with Crippen molar-refractivity contribution in [2.24, 2.45) is 0 Å². The molecule has 0 bridgehead atoms. The van der Waals surface area contributed by atoms with Gasteiger partial charge in [-0.05, 0) is 55.9 Å². The minimum Gasteiger partial charge on any atom is -0.747 e. The molecule has 4 unspecified atom stereocenters. The van der Waals surface area contributed by atoms with E-state index < -0.39 is 62.0 Å². The predicted octanol–water partition coefficient (Wildman–Crippen LogP) is -6.61. The van der Waals surface area contributed by atoms with Gasteiger partial charge in [0.25, 0.3) is 0 Å². The molecule has 34 heavy (non-hydrogen) atoms. The summed E-state index contributed by atoms with van der Waals surface area (Å²) in [5, 5.41) is 5.28. The fraction of sp³-hybridized carbons (Fsp3) is 1.00. The molecule has 205 valence electrons. The zero-order chi connectivity index (χ0) is 27.1. The van der Waals surface area contributed by atoms with Crippen molar-refractivity contribution in [1.29, 1.82) is 0 Å². The maximum atomic E-state index is 9.94. The molecule has 4 atom stereocenters. The van der Waals surface area contributed by atoms with Crippen molar-refractivity contribution in [1.82, 2.24) is 21.3 Å². The monoisotopic (exact) mass is 677 g/mol. The van der Waals surface area contributed by atoms with E-state index in [1.807, 2.05) is 0 Å². The van der Waals surface area contributed by atoms with Gasteiger partial charge in [-0.3, -0.25) is 0 Å².